The van der Waals surface area contributed by atoms with Crippen molar-refractivity contribution in [2.75, 3.05) is 0 Å². The van der Waals surface area contributed by atoms with Crippen molar-refractivity contribution in [1.82, 2.24) is 4.98 Å². The number of fused-ring (bicyclic) bond motifs is 1. The van der Waals surface area contributed by atoms with Gasteiger partial charge in [0.25, 0.3) is 0 Å². The number of aromatic nitrogens is 1. The zero-order valence-corrected chi connectivity index (χ0v) is 18.5. The molecule has 1 heterocycles. The minimum Gasteiger partial charge on any atom is -0.258 e. The smallest absolute Gasteiger partial charge is 0.258 e. The lowest BCUT2D eigenvalue weighted by Gasteiger charge is -2.18. The number of benzene rings is 1. The summed E-state index contributed by atoms with van der Waals surface area (Å²) in [6.07, 6.45) is 7.52. The first-order chi connectivity index (χ1) is 14.4. The number of pyridine rings is 1. The third kappa shape index (κ3) is 6.23. The van der Waals surface area contributed by atoms with Crippen molar-refractivity contribution in [2.45, 2.75) is 89.6 Å². The summed E-state index contributed by atoms with van der Waals surface area (Å²) in [7, 11) is 0. The third-order valence-corrected chi connectivity index (χ3v) is 6.56. The Morgan fingerprint density at radius 2 is 1.77 bits per heavy atom. The first-order valence-electron chi connectivity index (χ1n) is 11.2. The predicted molar refractivity (Wildman–Crippen MR) is 117 cm³/mol. The summed E-state index contributed by atoms with van der Waals surface area (Å²) in [6.45, 7) is 2.04. The summed E-state index contributed by atoms with van der Waals surface area (Å²) in [6, 6.07) is 8.79. The van der Waals surface area contributed by atoms with Crippen LogP contribution in [0.5, 0.6) is 0 Å². The molecule has 0 saturated carbocycles. The highest BCUT2D eigenvalue weighted by Crippen LogP contribution is 2.37. The summed E-state index contributed by atoms with van der Waals surface area (Å²) in [5.74, 6) is 0.144. The van der Waals surface area contributed by atoms with Gasteiger partial charge in [-0.1, -0.05) is 49.9 Å². The fraction of sp³-hybridized carbons (Fsp3) is 0.560. The van der Waals surface area contributed by atoms with E-state index in [1.807, 2.05) is 6.92 Å². The summed E-state index contributed by atoms with van der Waals surface area (Å²) in [5, 5.41) is -0.225. The average molecular weight is 438 g/mol. The zero-order valence-electron chi connectivity index (χ0n) is 17.7. The standard InChI is InChI=1S/C25H31ClF3N/c1-2-18(20-14-16-23(26)22(17-20)25(27,28)29)9-5-3-4-6-11-21-15-13-19-10-7-8-12-24(19)30-21/h13-18H,2-12H2,1H3. The second-order valence-corrected chi connectivity index (χ2v) is 8.82. The molecule has 164 valence electrons. The van der Waals surface area contributed by atoms with Gasteiger partial charge < -0.3 is 0 Å². The Morgan fingerprint density at radius 1 is 1.00 bits per heavy atom. The Hall–Kier alpha value is -1.55. The van der Waals surface area contributed by atoms with Crippen molar-refractivity contribution in [3.8, 4) is 0 Å². The number of nitrogens with zero attached hydrogens (tertiary/aromatic N) is 1. The van der Waals surface area contributed by atoms with E-state index in [0.717, 1.165) is 56.9 Å². The second kappa shape index (κ2) is 10.7. The number of rotatable bonds is 9. The Balaban J connectivity index is 1.43. The molecule has 0 bridgehead atoms. The molecule has 1 atom stereocenters. The van der Waals surface area contributed by atoms with Gasteiger partial charge in [0.2, 0.25) is 0 Å². The quantitative estimate of drug-likeness (QED) is 0.359. The number of alkyl halides is 3. The fourth-order valence-corrected chi connectivity index (χ4v) is 4.66. The van der Waals surface area contributed by atoms with Crippen LogP contribution < -0.4 is 0 Å². The molecule has 0 aliphatic heterocycles. The number of halogens is 4. The second-order valence-electron chi connectivity index (χ2n) is 8.41. The molecule has 2 aromatic rings. The van der Waals surface area contributed by atoms with E-state index in [1.54, 1.807) is 6.07 Å². The molecule has 0 N–H and O–H groups in total. The van der Waals surface area contributed by atoms with Crippen molar-refractivity contribution in [3.63, 3.8) is 0 Å². The normalized spacial score (nSPS) is 15.1. The van der Waals surface area contributed by atoms with Crippen molar-refractivity contribution < 1.29 is 13.2 Å². The van der Waals surface area contributed by atoms with Crippen LogP contribution in [0.3, 0.4) is 0 Å². The SMILES string of the molecule is CCC(CCCCCCc1ccc2c(n1)CCCC2)c1ccc(Cl)c(C(F)(F)F)c1. The first-order valence-corrected chi connectivity index (χ1v) is 11.6. The first kappa shape index (κ1) is 23.1. The third-order valence-electron chi connectivity index (χ3n) is 6.23. The minimum atomic E-state index is -4.41. The van der Waals surface area contributed by atoms with E-state index >= 15 is 0 Å². The highest BCUT2D eigenvalue weighted by Gasteiger charge is 2.33. The molecular formula is C25H31ClF3N. The minimum absolute atomic E-state index is 0.144. The monoisotopic (exact) mass is 437 g/mol. The predicted octanol–water partition coefficient (Wildman–Crippen LogP) is 8.32. The maximum Gasteiger partial charge on any atom is 0.417 e. The molecule has 1 aromatic carbocycles. The van der Waals surface area contributed by atoms with Gasteiger partial charge in [0, 0.05) is 11.4 Å². The molecule has 0 amide bonds. The Kier molecular flexibility index (Phi) is 8.21. The van der Waals surface area contributed by atoms with E-state index in [0.29, 0.717) is 0 Å². The van der Waals surface area contributed by atoms with Gasteiger partial charge in [0.05, 0.1) is 10.6 Å². The lowest BCUT2D eigenvalue weighted by Crippen LogP contribution is -2.08. The summed E-state index contributed by atoms with van der Waals surface area (Å²) in [5.41, 5.74) is 3.94. The molecule has 0 spiro atoms. The van der Waals surface area contributed by atoms with E-state index in [1.165, 1.54) is 48.3 Å². The fourth-order valence-electron chi connectivity index (χ4n) is 4.44. The van der Waals surface area contributed by atoms with Crippen LogP contribution in [-0.2, 0) is 25.4 Å². The van der Waals surface area contributed by atoms with E-state index in [2.05, 4.69) is 12.1 Å². The van der Waals surface area contributed by atoms with Crippen LogP contribution in [0.2, 0.25) is 5.02 Å². The van der Waals surface area contributed by atoms with E-state index in [9.17, 15) is 13.2 Å². The highest BCUT2D eigenvalue weighted by molar-refractivity contribution is 6.31. The number of hydrogen-bond donors (Lipinski definition) is 0. The summed E-state index contributed by atoms with van der Waals surface area (Å²) in [4.78, 5) is 4.84. The number of unbranched alkanes of at least 4 members (excludes halogenated alkanes) is 3. The summed E-state index contributed by atoms with van der Waals surface area (Å²) >= 11 is 5.75. The largest absolute Gasteiger partial charge is 0.417 e. The van der Waals surface area contributed by atoms with Gasteiger partial charge in [0.15, 0.2) is 0 Å². The van der Waals surface area contributed by atoms with Crippen molar-refractivity contribution >= 4 is 11.6 Å². The van der Waals surface area contributed by atoms with Gasteiger partial charge in [-0.3, -0.25) is 4.98 Å². The molecule has 0 radical (unpaired) electrons. The van der Waals surface area contributed by atoms with Crippen molar-refractivity contribution in [2.24, 2.45) is 0 Å². The molecule has 1 aliphatic rings. The molecule has 5 heteroatoms. The molecule has 1 aliphatic carbocycles. The van der Waals surface area contributed by atoms with Crippen LogP contribution in [0.1, 0.15) is 92.3 Å². The van der Waals surface area contributed by atoms with Crippen molar-refractivity contribution in [1.29, 1.82) is 0 Å². The van der Waals surface area contributed by atoms with Crippen LogP contribution >= 0.6 is 11.6 Å². The van der Waals surface area contributed by atoms with Crippen LogP contribution in [0.15, 0.2) is 30.3 Å². The molecule has 1 aromatic heterocycles. The lowest BCUT2D eigenvalue weighted by molar-refractivity contribution is -0.137. The van der Waals surface area contributed by atoms with Crippen LogP contribution in [-0.4, -0.2) is 4.98 Å². The number of hydrogen-bond acceptors (Lipinski definition) is 1. The highest BCUT2D eigenvalue weighted by atomic mass is 35.5. The topological polar surface area (TPSA) is 12.9 Å². The Labute approximate surface area is 183 Å². The maximum absolute atomic E-state index is 13.1. The number of aryl methyl sites for hydroxylation is 3. The molecule has 0 fully saturated rings. The van der Waals surface area contributed by atoms with Crippen LogP contribution in [0, 0.1) is 0 Å². The van der Waals surface area contributed by atoms with Crippen LogP contribution in [0.25, 0.3) is 0 Å². The maximum atomic E-state index is 13.1. The summed E-state index contributed by atoms with van der Waals surface area (Å²) < 4.78 is 39.4. The molecule has 3 rings (SSSR count). The Morgan fingerprint density at radius 3 is 2.53 bits per heavy atom. The molecule has 1 unspecified atom stereocenters. The van der Waals surface area contributed by atoms with Gasteiger partial charge in [-0.2, -0.15) is 13.2 Å². The van der Waals surface area contributed by atoms with Gasteiger partial charge in [-0.25, -0.2) is 0 Å². The van der Waals surface area contributed by atoms with Crippen molar-refractivity contribution in [3.05, 3.63) is 63.4 Å². The van der Waals surface area contributed by atoms with E-state index in [-0.39, 0.29) is 10.9 Å². The van der Waals surface area contributed by atoms with E-state index in [4.69, 9.17) is 16.6 Å². The lowest BCUT2D eigenvalue weighted by atomic mass is 9.89. The van der Waals surface area contributed by atoms with Gasteiger partial charge in [-0.05, 0) is 86.6 Å². The molecule has 1 nitrogen and oxygen atoms in total. The van der Waals surface area contributed by atoms with E-state index < -0.39 is 11.7 Å². The van der Waals surface area contributed by atoms with Gasteiger partial charge in [-0.15, -0.1) is 0 Å². The van der Waals surface area contributed by atoms with Gasteiger partial charge in [0.1, 0.15) is 0 Å². The Bertz CT molecular complexity index is 832. The van der Waals surface area contributed by atoms with Gasteiger partial charge >= 0.3 is 6.18 Å². The van der Waals surface area contributed by atoms with Crippen LogP contribution in [0.4, 0.5) is 13.2 Å². The zero-order chi connectivity index (χ0) is 21.6. The molecular weight excluding hydrogens is 407 g/mol. The molecule has 30 heavy (non-hydrogen) atoms. The average Bonchev–Trinajstić information content (AvgIpc) is 2.73. The molecule has 0 saturated heterocycles.